The molecule has 0 radical (unpaired) electrons. The van der Waals surface area contributed by atoms with Crippen LogP contribution in [0.4, 0.5) is 11.4 Å². The van der Waals surface area contributed by atoms with E-state index in [1.807, 2.05) is 30.3 Å². The Balaban J connectivity index is 1.60. The Morgan fingerprint density at radius 1 is 0.912 bits per heavy atom. The molecule has 0 amide bonds. The van der Waals surface area contributed by atoms with Crippen LogP contribution in [0.1, 0.15) is 23.2 Å². The second kappa shape index (κ2) is 10.5. The first-order chi connectivity index (χ1) is 16.3. The molecule has 3 rings (SSSR count). The fraction of sp³-hybridized carbons (Fsp3) is 0.280. The van der Waals surface area contributed by atoms with Crippen LogP contribution in [0, 0.1) is 11.3 Å². The Morgan fingerprint density at radius 2 is 1.53 bits per heavy atom. The molecular formula is C25H25N3O6. The van der Waals surface area contributed by atoms with Gasteiger partial charge in [-0.2, -0.15) is 5.26 Å². The fourth-order valence-corrected chi connectivity index (χ4v) is 3.72. The molecule has 1 aliphatic heterocycles. The van der Waals surface area contributed by atoms with Crippen molar-refractivity contribution in [1.29, 1.82) is 5.26 Å². The molecule has 0 saturated carbocycles. The minimum atomic E-state index is -0.708. The van der Waals surface area contributed by atoms with Crippen molar-refractivity contribution in [3.8, 4) is 17.6 Å². The van der Waals surface area contributed by atoms with E-state index in [4.69, 9.17) is 14.2 Å². The highest BCUT2D eigenvalue weighted by Gasteiger charge is 2.31. The van der Waals surface area contributed by atoms with Gasteiger partial charge < -0.3 is 24.0 Å². The molecule has 1 aliphatic rings. The molecule has 9 nitrogen and oxygen atoms in total. The van der Waals surface area contributed by atoms with E-state index in [0.717, 1.165) is 11.4 Å². The van der Waals surface area contributed by atoms with Gasteiger partial charge in [-0.15, -0.1) is 0 Å². The van der Waals surface area contributed by atoms with Crippen LogP contribution in [0.5, 0.6) is 11.5 Å². The molecule has 2 aromatic carbocycles. The third-order valence-corrected chi connectivity index (χ3v) is 5.48. The zero-order valence-electron chi connectivity index (χ0n) is 19.5. The van der Waals surface area contributed by atoms with E-state index in [1.54, 1.807) is 36.0 Å². The molecule has 1 heterocycles. The summed E-state index contributed by atoms with van der Waals surface area (Å²) in [5.41, 5.74) is 1.96. The number of ether oxygens (including phenoxy) is 3. The Bertz CT molecular complexity index is 1170. The van der Waals surface area contributed by atoms with Gasteiger partial charge in [-0.25, -0.2) is 0 Å². The van der Waals surface area contributed by atoms with E-state index < -0.39 is 18.4 Å². The number of methoxy groups -OCH3 is 2. The van der Waals surface area contributed by atoms with Crippen molar-refractivity contribution in [2.24, 2.45) is 0 Å². The molecule has 2 aromatic rings. The van der Waals surface area contributed by atoms with Crippen molar-refractivity contribution >= 4 is 28.9 Å². The van der Waals surface area contributed by atoms with Crippen molar-refractivity contribution in [1.82, 2.24) is 0 Å². The lowest BCUT2D eigenvalue weighted by Gasteiger charge is -2.19. The molecule has 0 spiro atoms. The maximum Gasteiger partial charge on any atom is 0.306 e. The molecule has 176 valence electrons. The number of anilines is 2. The smallest absolute Gasteiger partial charge is 0.306 e. The average Bonchev–Trinajstić information content (AvgIpc) is 3.11. The van der Waals surface area contributed by atoms with Crippen molar-refractivity contribution < 1.29 is 28.6 Å². The Kier molecular flexibility index (Phi) is 7.53. The van der Waals surface area contributed by atoms with Crippen LogP contribution >= 0.6 is 0 Å². The van der Waals surface area contributed by atoms with Crippen LogP contribution in [0.15, 0.2) is 53.9 Å². The van der Waals surface area contributed by atoms with Crippen molar-refractivity contribution in [3.63, 3.8) is 0 Å². The molecule has 0 saturated heterocycles. The van der Waals surface area contributed by atoms with Crippen LogP contribution in [-0.2, 0) is 14.3 Å². The quantitative estimate of drug-likeness (QED) is 0.240. The number of esters is 1. The van der Waals surface area contributed by atoms with Gasteiger partial charge in [-0.3, -0.25) is 14.4 Å². The highest BCUT2D eigenvalue weighted by molar-refractivity contribution is 6.04. The second-order valence-electron chi connectivity index (χ2n) is 7.49. The first-order valence-corrected chi connectivity index (χ1v) is 10.5. The van der Waals surface area contributed by atoms with Crippen LogP contribution in [0.2, 0.25) is 0 Å². The van der Waals surface area contributed by atoms with Gasteiger partial charge in [-0.05, 0) is 30.3 Å². The lowest BCUT2D eigenvalue weighted by atomic mass is 10.1. The Hall–Kier alpha value is -4.32. The number of rotatable bonds is 9. The van der Waals surface area contributed by atoms with Gasteiger partial charge in [0.05, 0.1) is 32.0 Å². The number of benzene rings is 2. The zero-order chi connectivity index (χ0) is 24.8. The van der Waals surface area contributed by atoms with Gasteiger partial charge >= 0.3 is 5.97 Å². The largest absolute Gasteiger partial charge is 0.493 e. The highest BCUT2D eigenvalue weighted by Crippen LogP contribution is 2.40. The minimum Gasteiger partial charge on any atom is -0.493 e. The van der Waals surface area contributed by atoms with Crippen LogP contribution in [0.25, 0.3) is 0 Å². The summed E-state index contributed by atoms with van der Waals surface area (Å²) < 4.78 is 15.4. The molecule has 0 bridgehead atoms. The molecule has 0 aliphatic carbocycles. The molecule has 34 heavy (non-hydrogen) atoms. The lowest BCUT2D eigenvalue weighted by Crippen LogP contribution is -2.27. The topological polar surface area (TPSA) is 109 Å². The molecule has 0 N–H and O–H groups in total. The zero-order valence-corrected chi connectivity index (χ0v) is 19.5. The summed E-state index contributed by atoms with van der Waals surface area (Å²) in [5, 5.41) is 9.63. The molecule has 0 atom stereocenters. The van der Waals surface area contributed by atoms with E-state index in [9.17, 15) is 19.6 Å². The van der Waals surface area contributed by atoms with Crippen LogP contribution < -0.4 is 19.3 Å². The van der Waals surface area contributed by atoms with E-state index in [-0.39, 0.29) is 24.2 Å². The number of Topliss-reactive ketones (excluding diaryl/α,β-unsaturated/α-hetero) is 2. The Labute approximate surface area is 197 Å². The normalized spacial score (nSPS) is 12.0. The van der Waals surface area contributed by atoms with Crippen LogP contribution in [-0.4, -0.2) is 52.5 Å². The first kappa shape index (κ1) is 24.3. The SMILES string of the molecule is COc1ccc(C(=O)CCC(=O)OCC(=O)C(C#N)=C2N(C)c3ccccc3N2C)cc1OC. The number of nitrogens with zero attached hydrogens (tertiary/aromatic N) is 3. The maximum atomic E-state index is 12.7. The standard InChI is InChI=1S/C25H25N3O6/c1-27-18-7-5-6-8-19(18)28(2)25(27)17(14-26)21(30)15-34-24(31)12-10-20(29)16-9-11-22(32-3)23(13-16)33-4/h5-9,11,13H,10,12,15H2,1-4H3. The van der Waals surface area contributed by atoms with Gasteiger partial charge in [0.25, 0.3) is 0 Å². The maximum absolute atomic E-state index is 12.7. The molecule has 9 heteroatoms. The van der Waals surface area contributed by atoms with Gasteiger partial charge in [-0.1, -0.05) is 12.1 Å². The number of fused-ring (bicyclic) bond motifs is 1. The number of hydrogen-bond donors (Lipinski definition) is 0. The fourth-order valence-electron chi connectivity index (χ4n) is 3.72. The van der Waals surface area contributed by atoms with E-state index in [2.05, 4.69) is 0 Å². The monoisotopic (exact) mass is 463 g/mol. The number of hydrogen-bond acceptors (Lipinski definition) is 9. The number of nitriles is 1. The molecular weight excluding hydrogens is 438 g/mol. The van der Waals surface area contributed by atoms with Crippen molar-refractivity contribution in [2.45, 2.75) is 12.8 Å². The van der Waals surface area contributed by atoms with Crippen molar-refractivity contribution in [3.05, 3.63) is 59.4 Å². The van der Waals surface area contributed by atoms with Gasteiger partial charge in [0.1, 0.15) is 17.5 Å². The summed E-state index contributed by atoms with van der Waals surface area (Å²) in [5.74, 6) is -0.308. The Morgan fingerprint density at radius 3 is 2.09 bits per heavy atom. The predicted octanol–water partition coefficient (Wildman–Crippen LogP) is 3.10. The summed E-state index contributed by atoms with van der Waals surface area (Å²) in [6, 6.07) is 14.2. The third kappa shape index (κ3) is 4.86. The molecule has 0 unspecified atom stereocenters. The predicted molar refractivity (Wildman–Crippen MR) is 125 cm³/mol. The average molecular weight is 463 g/mol. The summed E-state index contributed by atoms with van der Waals surface area (Å²) in [7, 11) is 6.47. The number of ketones is 2. The second-order valence-corrected chi connectivity index (χ2v) is 7.49. The van der Waals surface area contributed by atoms with Gasteiger partial charge in [0.2, 0.25) is 5.78 Å². The van der Waals surface area contributed by atoms with Crippen LogP contribution in [0.3, 0.4) is 0 Å². The number of carbonyl (C=O) groups excluding carboxylic acids is 3. The summed E-state index contributed by atoms with van der Waals surface area (Å²) in [4.78, 5) is 40.8. The van der Waals surface area contributed by atoms with Gasteiger partial charge in [0, 0.05) is 26.1 Å². The van der Waals surface area contributed by atoms with Gasteiger partial charge in [0.15, 0.2) is 23.9 Å². The third-order valence-electron chi connectivity index (χ3n) is 5.48. The lowest BCUT2D eigenvalue weighted by molar-refractivity contribution is -0.147. The number of carbonyl (C=O) groups is 3. The summed E-state index contributed by atoms with van der Waals surface area (Å²) >= 11 is 0. The van der Waals surface area contributed by atoms with E-state index >= 15 is 0 Å². The summed E-state index contributed by atoms with van der Waals surface area (Å²) in [6.45, 7) is -0.589. The molecule has 0 fully saturated rings. The number of para-hydroxylation sites is 2. The first-order valence-electron chi connectivity index (χ1n) is 10.5. The van der Waals surface area contributed by atoms with E-state index in [1.165, 1.54) is 20.3 Å². The highest BCUT2D eigenvalue weighted by atomic mass is 16.5. The molecule has 0 aromatic heterocycles. The minimum absolute atomic E-state index is 0.102. The van der Waals surface area contributed by atoms with E-state index in [0.29, 0.717) is 22.9 Å². The summed E-state index contributed by atoms with van der Waals surface area (Å²) in [6.07, 6.45) is -0.306. The van der Waals surface area contributed by atoms with Crippen molar-refractivity contribution in [2.75, 3.05) is 44.7 Å².